The minimum atomic E-state index is -0.641. The largest absolute Gasteiger partial charge is 0.396 e. The number of likely N-dealkylation sites (N-methyl/N-ethyl adjacent to an activating group) is 1. The van der Waals surface area contributed by atoms with E-state index in [0.29, 0.717) is 18.5 Å². The van der Waals surface area contributed by atoms with Gasteiger partial charge in [0.25, 0.3) is 0 Å². The average Bonchev–Trinajstić information content (AvgIpc) is 2.60. The molecule has 0 aliphatic rings. The minimum Gasteiger partial charge on any atom is -0.396 e. The lowest BCUT2D eigenvalue weighted by Gasteiger charge is -2.30. The SMILES string of the molecule is CN(CC(O)c1ccc(C#N)cc1)C(CCO)c1ccccc1. The summed E-state index contributed by atoms with van der Waals surface area (Å²) in [4.78, 5) is 2.05. The molecular formula is C19H22N2O2. The number of hydrogen-bond donors (Lipinski definition) is 2. The van der Waals surface area contributed by atoms with Gasteiger partial charge in [-0.15, -0.1) is 0 Å². The van der Waals surface area contributed by atoms with E-state index in [4.69, 9.17) is 5.26 Å². The Kier molecular flexibility index (Phi) is 6.30. The van der Waals surface area contributed by atoms with Gasteiger partial charge in [0.05, 0.1) is 17.7 Å². The van der Waals surface area contributed by atoms with Gasteiger partial charge in [0.2, 0.25) is 0 Å². The maximum absolute atomic E-state index is 10.4. The first-order valence-electron chi connectivity index (χ1n) is 7.70. The molecule has 2 aromatic carbocycles. The molecule has 0 fully saturated rings. The summed E-state index contributed by atoms with van der Waals surface area (Å²) in [7, 11) is 1.94. The molecule has 2 rings (SSSR count). The third-order valence-corrected chi connectivity index (χ3v) is 4.00. The topological polar surface area (TPSA) is 67.5 Å². The predicted molar refractivity (Wildman–Crippen MR) is 89.6 cm³/mol. The van der Waals surface area contributed by atoms with Crippen LogP contribution in [0.15, 0.2) is 54.6 Å². The molecule has 4 heteroatoms. The van der Waals surface area contributed by atoms with Crippen molar-refractivity contribution in [2.45, 2.75) is 18.6 Å². The van der Waals surface area contributed by atoms with E-state index in [1.165, 1.54) is 0 Å². The van der Waals surface area contributed by atoms with Gasteiger partial charge in [-0.05, 0) is 36.7 Å². The number of nitrogens with zero attached hydrogens (tertiary/aromatic N) is 2. The Hall–Kier alpha value is -2.19. The molecule has 120 valence electrons. The lowest BCUT2D eigenvalue weighted by molar-refractivity contribution is 0.0938. The molecule has 2 atom stereocenters. The summed E-state index contributed by atoms with van der Waals surface area (Å²) in [6.45, 7) is 0.544. The fraction of sp³-hybridized carbons (Fsp3) is 0.316. The van der Waals surface area contributed by atoms with Gasteiger partial charge in [0, 0.05) is 19.2 Å². The normalized spacial score (nSPS) is 13.5. The van der Waals surface area contributed by atoms with E-state index in [0.717, 1.165) is 11.1 Å². The maximum atomic E-state index is 10.4. The second-order valence-electron chi connectivity index (χ2n) is 5.63. The summed E-state index contributed by atoms with van der Waals surface area (Å²) in [5.41, 5.74) is 2.49. The zero-order chi connectivity index (χ0) is 16.7. The average molecular weight is 310 g/mol. The second-order valence-corrected chi connectivity index (χ2v) is 5.63. The molecule has 2 N–H and O–H groups in total. The Labute approximate surface area is 137 Å². The Bertz CT molecular complexity index is 635. The first kappa shape index (κ1) is 17.2. The zero-order valence-electron chi connectivity index (χ0n) is 13.3. The molecule has 0 spiro atoms. The highest BCUT2D eigenvalue weighted by atomic mass is 16.3. The van der Waals surface area contributed by atoms with E-state index >= 15 is 0 Å². The Balaban J connectivity index is 2.08. The molecule has 0 amide bonds. The fourth-order valence-electron chi connectivity index (χ4n) is 2.72. The van der Waals surface area contributed by atoms with Crippen molar-refractivity contribution in [3.63, 3.8) is 0 Å². The highest BCUT2D eigenvalue weighted by Gasteiger charge is 2.19. The zero-order valence-corrected chi connectivity index (χ0v) is 13.3. The molecule has 4 nitrogen and oxygen atoms in total. The van der Waals surface area contributed by atoms with Crippen molar-refractivity contribution < 1.29 is 10.2 Å². The van der Waals surface area contributed by atoms with Crippen LogP contribution in [0.1, 0.15) is 35.3 Å². The van der Waals surface area contributed by atoms with Crippen LogP contribution in [0.3, 0.4) is 0 Å². The molecule has 0 aliphatic carbocycles. The van der Waals surface area contributed by atoms with Crippen LogP contribution in [0.2, 0.25) is 0 Å². The molecule has 0 aliphatic heterocycles. The molecule has 2 aromatic rings. The molecule has 2 unspecified atom stereocenters. The van der Waals surface area contributed by atoms with E-state index in [1.807, 2.05) is 37.4 Å². The highest BCUT2D eigenvalue weighted by molar-refractivity contribution is 5.32. The summed E-state index contributed by atoms with van der Waals surface area (Å²) >= 11 is 0. The summed E-state index contributed by atoms with van der Waals surface area (Å²) in [6, 6.07) is 19.1. The van der Waals surface area contributed by atoms with Crippen LogP contribution in [0.5, 0.6) is 0 Å². The standard InChI is InChI=1S/C19H22N2O2/c1-21(18(11-12-22)16-5-3-2-4-6-16)14-19(23)17-9-7-15(13-20)8-10-17/h2-10,18-19,22-23H,11-12,14H2,1H3. The van der Waals surface area contributed by atoms with Crippen molar-refractivity contribution in [3.8, 4) is 6.07 Å². The van der Waals surface area contributed by atoms with Crippen molar-refractivity contribution in [1.29, 1.82) is 5.26 Å². The smallest absolute Gasteiger partial charge is 0.0991 e. The molecular weight excluding hydrogens is 288 g/mol. The predicted octanol–water partition coefficient (Wildman–Crippen LogP) is 2.65. The molecule has 0 heterocycles. The molecule has 0 saturated heterocycles. The summed E-state index contributed by atoms with van der Waals surface area (Å²) in [5.74, 6) is 0. The maximum Gasteiger partial charge on any atom is 0.0991 e. The van der Waals surface area contributed by atoms with Crippen molar-refractivity contribution in [2.24, 2.45) is 0 Å². The van der Waals surface area contributed by atoms with E-state index < -0.39 is 6.10 Å². The number of rotatable bonds is 7. The van der Waals surface area contributed by atoms with Gasteiger partial charge in [-0.25, -0.2) is 0 Å². The van der Waals surface area contributed by atoms with Gasteiger partial charge in [-0.1, -0.05) is 42.5 Å². The molecule has 0 bridgehead atoms. The summed E-state index contributed by atoms with van der Waals surface area (Å²) in [6.07, 6.45) is -0.0294. The summed E-state index contributed by atoms with van der Waals surface area (Å²) in [5, 5.41) is 28.6. The number of aliphatic hydroxyl groups excluding tert-OH is 2. The first-order chi connectivity index (χ1) is 11.2. The number of hydrogen-bond acceptors (Lipinski definition) is 4. The lowest BCUT2D eigenvalue weighted by atomic mass is 10.0. The molecule has 0 saturated carbocycles. The monoisotopic (exact) mass is 310 g/mol. The van der Waals surface area contributed by atoms with Gasteiger partial charge >= 0.3 is 0 Å². The number of aliphatic hydroxyl groups is 2. The van der Waals surface area contributed by atoms with Gasteiger partial charge in [0.15, 0.2) is 0 Å². The van der Waals surface area contributed by atoms with E-state index in [1.54, 1.807) is 24.3 Å². The Morgan fingerprint density at radius 1 is 1.04 bits per heavy atom. The quantitative estimate of drug-likeness (QED) is 0.825. The van der Waals surface area contributed by atoms with E-state index in [9.17, 15) is 10.2 Å². The Morgan fingerprint density at radius 3 is 2.26 bits per heavy atom. The van der Waals surface area contributed by atoms with Crippen molar-refractivity contribution in [1.82, 2.24) is 4.90 Å². The molecule has 0 aromatic heterocycles. The third kappa shape index (κ3) is 4.64. The molecule has 23 heavy (non-hydrogen) atoms. The fourth-order valence-corrected chi connectivity index (χ4v) is 2.72. The molecule has 0 radical (unpaired) electrons. The van der Waals surface area contributed by atoms with Gasteiger partial charge < -0.3 is 10.2 Å². The van der Waals surface area contributed by atoms with Crippen LogP contribution in [-0.4, -0.2) is 35.3 Å². The van der Waals surface area contributed by atoms with Crippen LogP contribution in [-0.2, 0) is 0 Å². The Morgan fingerprint density at radius 2 is 1.70 bits per heavy atom. The third-order valence-electron chi connectivity index (χ3n) is 4.00. The van der Waals surface area contributed by atoms with Crippen LogP contribution in [0, 0.1) is 11.3 Å². The van der Waals surface area contributed by atoms with Crippen molar-refractivity contribution >= 4 is 0 Å². The van der Waals surface area contributed by atoms with Gasteiger partial charge in [-0.3, -0.25) is 4.90 Å². The lowest BCUT2D eigenvalue weighted by Crippen LogP contribution is -2.30. The van der Waals surface area contributed by atoms with Gasteiger partial charge in [0.1, 0.15) is 0 Å². The number of nitriles is 1. The number of benzene rings is 2. The summed E-state index contributed by atoms with van der Waals surface area (Å²) < 4.78 is 0. The van der Waals surface area contributed by atoms with E-state index in [-0.39, 0.29) is 12.6 Å². The van der Waals surface area contributed by atoms with E-state index in [2.05, 4.69) is 11.0 Å². The van der Waals surface area contributed by atoms with Crippen molar-refractivity contribution in [3.05, 3.63) is 71.3 Å². The van der Waals surface area contributed by atoms with Crippen LogP contribution in [0.4, 0.5) is 0 Å². The second kappa shape index (κ2) is 8.44. The highest BCUT2D eigenvalue weighted by Crippen LogP contribution is 2.25. The van der Waals surface area contributed by atoms with Crippen molar-refractivity contribution in [2.75, 3.05) is 20.2 Å². The first-order valence-corrected chi connectivity index (χ1v) is 7.70. The minimum absolute atomic E-state index is 0.0502. The van der Waals surface area contributed by atoms with Crippen LogP contribution < -0.4 is 0 Å². The van der Waals surface area contributed by atoms with Crippen LogP contribution >= 0.6 is 0 Å². The van der Waals surface area contributed by atoms with Gasteiger partial charge in [-0.2, -0.15) is 5.26 Å². The van der Waals surface area contributed by atoms with Crippen LogP contribution in [0.25, 0.3) is 0 Å².